The Hall–Kier alpha value is -1.10. The molecule has 228 valence electrons. The summed E-state index contributed by atoms with van der Waals surface area (Å²) in [6.45, 7) is 7.85. The van der Waals surface area contributed by atoms with Gasteiger partial charge in [-0.05, 0) is 107 Å². The average Bonchev–Trinajstić information content (AvgIpc) is 3.00. The van der Waals surface area contributed by atoms with Gasteiger partial charge < -0.3 is 19.7 Å². The lowest BCUT2D eigenvalue weighted by atomic mass is 9.52. The molecule has 2 N–H and O–H groups in total. The molecule has 0 spiro atoms. The molecule has 4 heteroatoms. The molecular weight excluding hydrogens is 496 g/mol. The second kappa shape index (κ2) is 15.9. The van der Waals surface area contributed by atoms with Crippen molar-refractivity contribution in [2.24, 2.45) is 35.0 Å². The Kier molecular flexibility index (Phi) is 12.7. The van der Waals surface area contributed by atoms with Crippen molar-refractivity contribution >= 4 is 0 Å². The Morgan fingerprint density at radius 3 is 2.25 bits per heavy atom. The van der Waals surface area contributed by atoms with E-state index in [9.17, 15) is 10.2 Å². The van der Waals surface area contributed by atoms with Crippen LogP contribution in [-0.4, -0.2) is 41.7 Å². The maximum absolute atomic E-state index is 11.3. The summed E-state index contributed by atoms with van der Waals surface area (Å²) in [5.74, 6) is 2.24. The highest BCUT2D eigenvalue weighted by molar-refractivity contribution is 5.03. The molecule has 8 atom stereocenters. The van der Waals surface area contributed by atoms with Gasteiger partial charge in [-0.3, -0.25) is 0 Å². The van der Waals surface area contributed by atoms with Gasteiger partial charge in [0.25, 0.3) is 0 Å². The number of ether oxygens (including phenoxy) is 2. The lowest BCUT2D eigenvalue weighted by molar-refractivity contribution is -0.0979. The van der Waals surface area contributed by atoms with E-state index in [0.29, 0.717) is 36.7 Å². The van der Waals surface area contributed by atoms with Crippen molar-refractivity contribution in [1.82, 2.24) is 0 Å². The third kappa shape index (κ3) is 8.26. The summed E-state index contributed by atoms with van der Waals surface area (Å²) < 4.78 is 12.8. The molecule has 0 saturated heterocycles. The summed E-state index contributed by atoms with van der Waals surface area (Å²) in [6.07, 6.45) is 30.0. The van der Waals surface area contributed by atoms with Crippen LogP contribution >= 0.6 is 0 Å². The van der Waals surface area contributed by atoms with Crippen molar-refractivity contribution in [3.05, 3.63) is 36.1 Å². The number of aliphatic hydroxyl groups excluding tert-OH is 2. The van der Waals surface area contributed by atoms with Crippen molar-refractivity contribution in [1.29, 1.82) is 0 Å². The quantitative estimate of drug-likeness (QED) is 0.175. The van der Waals surface area contributed by atoms with Crippen LogP contribution in [0.5, 0.6) is 0 Å². The molecule has 4 rings (SSSR count). The molecule has 0 aromatic rings. The molecule has 0 heterocycles. The van der Waals surface area contributed by atoms with Crippen LogP contribution in [0.3, 0.4) is 0 Å². The minimum Gasteiger partial charge on any atom is -0.512 e. The summed E-state index contributed by atoms with van der Waals surface area (Å²) in [7, 11) is 0. The zero-order valence-electron chi connectivity index (χ0n) is 25.9. The van der Waals surface area contributed by atoms with Gasteiger partial charge in [0.05, 0.1) is 37.3 Å². The van der Waals surface area contributed by atoms with Crippen LogP contribution in [0.2, 0.25) is 0 Å². The molecule has 0 aromatic heterocycles. The largest absolute Gasteiger partial charge is 0.512 e. The smallest absolute Gasteiger partial charge is 0.0934 e. The normalized spacial score (nSPS) is 34.5. The minimum atomic E-state index is -0.272. The van der Waals surface area contributed by atoms with E-state index in [1.807, 2.05) is 13.0 Å². The highest BCUT2D eigenvalue weighted by atomic mass is 16.5. The highest BCUT2D eigenvalue weighted by Crippen LogP contribution is 2.57. The number of allylic oxidation sites excluding steroid dienone is 3. The summed E-state index contributed by atoms with van der Waals surface area (Å²) >= 11 is 0. The van der Waals surface area contributed by atoms with E-state index in [1.165, 1.54) is 64.2 Å². The molecule has 0 amide bonds. The van der Waals surface area contributed by atoms with Gasteiger partial charge in [-0.25, -0.2) is 0 Å². The van der Waals surface area contributed by atoms with Crippen molar-refractivity contribution in [2.45, 2.75) is 142 Å². The van der Waals surface area contributed by atoms with Crippen LogP contribution in [0.1, 0.15) is 124 Å². The predicted molar refractivity (Wildman–Crippen MR) is 165 cm³/mol. The SMILES string of the molecule is C/C=C(\O)C(COC1C=CCCC1)CC(CCC)C1(C2CC(C)C(O)C(COC3C=CCCC3)C2)CCCCC1. The lowest BCUT2D eigenvalue weighted by Crippen LogP contribution is -2.48. The molecule has 4 aliphatic rings. The van der Waals surface area contributed by atoms with E-state index in [4.69, 9.17) is 9.47 Å². The summed E-state index contributed by atoms with van der Waals surface area (Å²) in [5.41, 5.74) is 0.280. The minimum absolute atomic E-state index is 0.0551. The van der Waals surface area contributed by atoms with Crippen LogP contribution in [-0.2, 0) is 9.47 Å². The third-order valence-electron chi connectivity index (χ3n) is 11.1. The van der Waals surface area contributed by atoms with E-state index in [2.05, 4.69) is 38.2 Å². The molecular formula is C36H60O4. The van der Waals surface area contributed by atoms with Crippen LogP contribution in [0.25, 0.3) is 0 Å². The maximum atomic E-state index is 11.3. The number of rotatable bonds is 13. The zero-order valence-corrected chi connectivity index (χ0v) is 25.9. The van der Waals surface area contributed by atoms with E-state index in [-0.39, 0.29) is 35.6 Å². The van der Waals surface area contributed by atoms with Gasteiger partial charge in [-0.2, -0.15) is 0 Å². The van der Waals surface area contributed by atoms with E-state index in [0.717, 1.165) is 38.5 Å². The maximum Gasteiger partial charge on any atom is 0.0934 e. The Morgan fingerprint density at radius 1 is 0.975 bits per heavy atom. The molecule has 2 saturated carbocycles. The molecule has 0 bridgehead atoms. The second-order valence-corrected chi connectivity index (χ2v) is 13.8. The number of hydrogen-bond donors (Lipinski definition) is 2. The van der Waals surface area contributed by atoms with E-state index < -0.39 is 0 Å². The van der Waals surface area contributed by atoms with Crippen LogP contribution in [0.4, 0.5) is 0 Å². The first kappa shape index (κ1) is 31.8. The molecule has 0 aromatic carbocycles. The van der Waals surface area contributed by atoms with E-state index >= 15 is 0 Å². The van der Waals surface area contributed by atoms with Crippen LogP contribution in [0.15, 0.2) is 36.1 Å². The Bertz CT molecular complexity index is 825. The molecule has 0 radical (unpaired) electrons. The lowest BCUT2D eigenvalue weighted by Gasteiger charge is -2.54. The van der Waals surface area contributed by atoms with Gasteiger partial charge in [0.1, 0.15) is 0 Å². The van der Waals surface area contributed by atoms with E-state index in [1.54, 1.807) is 0 Å². The Balaban J connectivity index is 1.52. The Labute approximate surface area is 245 Å². The molecule has 0 aliphatic heterocycles. The monoisotopic (exact) mass is 556 g/mol. The van der Waals surface area contributed by atoms with Gasteiger partial charge in [0, 0.05) is 11.8 Å². The molecule has 8 unspecified atom stereocenters. The Morgan fingerprint density at radius 2 is 1.65 bits per heavy atom. The van der Waals surface area contributed by atoms with Gasteiger partial charge in [0.15, 0.2) is 0 Å². The van der Waals surface area contributed by atoms with Crippen molar-refractivity contribution in [3.8, 4) is 0 Å². The molecule has 40 heavy (non-hydrogen) atoms. The zero-order chi connectivity index (χ0) is 28.4. The predicted octanol–water partition coefficient (Wildman–Crippen LogP) is 9.10. The molecule has 2 fully saturated rings. The van der Waals surface area contributed by atoms with Gasteiger partial charge in [0.2, 0.25) is 0 Å². The first-order valence-electron chi connectivity index (χ1n) is 17.1. The summed E-state index contributed by atoms with van der Waals surface area (Å²) in [6, 6.07) is 0. The summed E-state index contributed by atoms with van der Waals surface area (Å²) in [5, 5.41) is 22.4. The van der Waals surface area contributed by atoms with Gasteiger partial charge in [-0.15, -0.1) is 0 Å². The number of aliphatic hydroxyl groups is 2. The fourth-order valence-corrected chi connectivity index (χ4v) is 8.82. The highest BCUT2D eigenvalue weighted by Gasteiger charge is 2.50. The average molecular weight is 557 g/mol. The topological polar surface area (TPSA) is 58.9 Å². The number of hydrogen-bond acceptors (Lipinski definition) is 4. The standard InChI is InChI=1S/C36H60O4/c1-4-15-30(23-28(34(37)5-2)25-39-32-16-9-6-10-17-32)36(20-13-8-14-21-36)31-22-27(3)35(38)29(24-31)26-40-33-18-11-7-12-19-33/h5,9,11,16,18,27-33,35,37-38H,4,6-8,10,12-15,17,19-26H2,1-3H3/b34-5-. The summed E-state index contributed by atoms with van der Waals surface area (Å²) in [4.78, 5) is 0. The molecule has 4 nitrogen and oxygen atoms in total. The van der Waals surface area contributed by atoms with Crippen LogP contribution < -0.4 is 0 Å². The third-order valence-corrected chi connectivity index (χ3v) is 11.1. The first-order chi connectivity index (χ1) is 19.5. The van der Waals surface area contributed by atoms with Crippen molar-refractivity contribution in [2.75, 3.05) is 13.2 Å². The van der Waals surface area contributed by atoms with Crippen molar-refractivity contribution in [3.63, 3.8) is 0 Å². The fraction of sp³-hybridized carbons (Fsp3) is 0.833. The van der Waals surface area contributed by atoms with Gasteiger partial charge >= 0.3 is 0 Å². The van der Waals surface area contributed by atoms with Crippen molar-refractivity contribution < 1.29 is 19.7 Å². The molecule has 4 aliphatic carbocycles. The van der Waals surface area contributed by atoms with Gasteiger partial charge in [-0.1, -0.05) is 70.3 Å². The fourth-order valence-electron chi connectivity index (χ4n) is 8.82. The van der Waals surface area contributed by atoms with Crippen LogP contribution in [0, 0.1) is 35.0 Å². The second-order valence-electron chi connectivity index (χ2n) is 13.8. The first-order valence-corrected chi connectivity index (χ1v) is 17.1.